The Bertz CT molecular complexity index is 342. The number of aliphatic hydroxyl groups excluding tert-OH is 1. The zero-order valence-electron chi connectivity index (χ0n) is 10.9. The first-order valence-corrected chi connectivity index (χ1v) is 6.77. The summed E-state index contributed by atoms with van der Waals surface area (Å²) < 4.78 is 2.09. The first kappa shape index (κ1) is 12.7. The van der Waals surface area contributed by atoms with Crippen LogP contribution in [0.1, 0.15) is 44.7 Å². The molecule has 0 amide bonds. The molecule has 1 aliphatic rings. The number of hydrogen-bond donors (Lipinski definition) is 2. The Hall–Kier alpha value is -0.800. The molecule has 3 heteroatoms. The molecular formula is C14H24N2O. The maximum Gasteiger partial charge on any atom is 0.0690 e. The van der Waals surface area contributed by atoms with Crippen LogP contribution in [0.5, 0.6) is 0 Å². The minimum Gasteiger partial charge on any atom is -0.392 e. The fourth-order valence-electron chi connectivity index (χ4n) is 2.35. The highest BCUT2D eigenvalue weighted by molar-refractivity contribution is 5.18. The topological polar surface area (TPSA) is 37.2 Å². The molecule has 1 fully saturated rings. The van der Waals surface area contributed by atoms with E-state index in [1.54, 1.807) is 0 Å². The van der Waals surface area contributed by atoms with Crippen molar-refractivity contribution in [3.63, 3.8) is 0 Å². The highest BCUT2D eigenvalue weighted by Crippen LogP contribution is 2.41. The van der Waals surface area contributed by atoms with Crippen LogP contribution in [0.25, 0.3) is 0 Å². The van der Waals surface area contributed by atoms with Gasteiger partial charge in [-0.05, 0) is 50.3 Å². The fourth-order valence-corrected chi connectivity index (χ4v) is 2.35. The minimum atomic E-state index is -0.279. The lowest BCUT2D eigenvalue weighted by molar-refractivity contribution is 0.173. The molecule has 2 rings (SSSR count). The summed E-state index contributed by atoms with van der Waals surface area (Å²) in [5, 5.41) is 13.0. The normalized spacial score (nSPS) is 19.2. The van der Waals surface area contributed by atoms with E-state index < -0.39 is 0 Å². The van der Waals surface area contributed by atoms with E-state index in [-0.39, 0.29) is 6.10 Å². The molecule has 0 aliphatic heterocycles. The van der Waals surface area contributed by atoms with Gasteiger partial charge in [-0.15, -0.1) is 0 Å². The summed E-state index contributed by atoms with van der Waals surface area (Å²) in [4.78, 5) is 0. The van der Waals surface area contributed by atoms with Gasteiger partial charge < -0.3 is 15.0 Å². The Labute approximate surface area is 104 Å². The smallest absolute Gasteiger partial charge is 0.0690 e. The molecule has 0 radical (unpaired) electrons. The first-order chi connectivity index (χ1) is 8.20. The molecule has 0 saturated heterocycles. The molecule has 0 aromatic carbocycles. The number of hydrogen-bond acceptors (Lipinski definition) is 2. The van der Waals surface area contributed by atoms with Crippen LogP contribution < -0.4 is 5.32 Å². The highest BCUT2D eigenvalue weighted by atomic mass is 16.3. The SMILES string of the molecule is CCCNC(c1ccn(CC(C)O)c1)C1CC1. The van der Waals surface area contributed by atoms with E-state index >= 15 is 0 Å². The molecule has 1 heterocycles. The molecule has 1 saturated carbocycles. The summed E-state index contributed by atoms with van der Waals surface area (Å²) in [5.41, 5.74) is 1.38. The van der Waals surface area contributed by atoms with Gasteiger partial charge >= 0.3 is 0 Å². The van der Waals surface area contributed by atoms with Crippen molar-refractivity contribution in [1.29, 1.82) is 0 Å². The van der Waals surface area contributed by atoms with Crippen molar-refractivity contribution >= 4 is 0 Å². The molecule has 17 heavy (non-hydrogen) atoms. The second-order valence-corrected chi connectivity index (χ2v) is 5.26. The molecule has 3 nitrogen and oxygen atoms in total. The number of aromatic nitrogens is 1. The van der Waals surface area contributed by atoms with E-state index in [2.05, 4.69) is 35.3 Å². The van der Waals surface area contributed by atoms with Crippen LogP contribution in [-0.2, 0) is 6.54 Å². The van der Waals surface area contributed by atoms with Crippen molar-refractivity contribution in [3.8, 4) is 0 Å². The van der Waals surface area contributed by atoms with Crippen molar-refractivity contribution < 1.29 is 5.11 Å². The van der Waals surface area contributed by atoms with Gasteiger partial charge in [0, 0.05) is 25.0 Å². The summed E-state index contributed by atoms with van der Waals surface area (Å²) in [6.07, 6.45) is 7.85. The number of nitrogens with one attached hydrogen (secondary N) is 1. The second-order valence-electron chi connectivity index (χ2n) is 5.26. The van der Waals surface area contributed by atoms with Crippen LogP contribution in [0, 0.1) is 5.92 Å². The Morgan fingerprint density at radius 2 is 2.29 bits per heavy atom. The highest BCUT2D eigenvalue weighted by Gasteiger charge is 2.32. The predicted molar refractivity (Wildman–Crippen MR) is 69.9 cm³/mol. The lowest BCUT2D eigenvalue weighted by atomic mass is 10.1. The summed E-state index contributed by atoms with van der Waals surface area (Å²) in [6, 6.07) is 2.71. The Kier molecular flexibility index (Phi) is 4.24. The van der Waals surface area contributed by atoms with Gasteiger partial charge in [0.1, 0.15) is 0 Å². The van der Waals surface area contributed by atoms with Crippen molar-refractivity contribution in [3.05, 3.63) is 24.0 Å². The average Bonchev–Trinajstić information content (AvgIpc) is 3.00. The van der Waals surface area contributed by atoms with Gasteiger partial charge in [0.2, 0.25) is 0 Å². The van der Waals surface area contributed by atoms with E-state index in [0.29, 0.717) is 12.6 Å². The summed E-state index contributed by atoms with van der Waals surface area (Å²) in [7, 11) is 0. The quantitative estimate of drug-likeness (QED) is 0.762. The van der Waals surface area contributed by atoms with Crippen molar-refractivity contribution in [2.45, 2.75) is 51.8 Å². The third-order valence-corrected chi connectivity index (χ3v) is 3.32. The number of aliphatic hydroxyl groups is 1. The van der Waals surface area contributed by atoms with E-state index in [0.717, 1.165) is 12.5 Å². The third-order valence-electron chi connectivity index (χ3n) is 3.32. The van der Waals surface area contributed by atoms with Crippen molar-refractivity contribution in [1.82, 2.24) is 9.88 Å². The van der Waals surface area contributed by atoms with E-state index in [9.17, 15) is 5.11 Å². The van der Waals surface area contributed by atoms with Gasteiger partial charge in [-0.3, -0.25) is 0 Å². The lowest BCUT2D eigenvalue weighted by Gasteiger charge is -2.16. The molecule has 1 aromatic rings. The minimum absolute atomic E-state index is 0.279. The van der Waals surface area contributed by atoms with E-state index in [1.807, 2.05) is 6.92 Å². The Morgan fingerprint density at radius 1 is 1.53 bits per heavy atom. The maximum absolute atomic E-state index is 9.38. The van der Waals surface area contributed by atoms with Crippen LogP contribution >= 0.6 is 0 Å². The van der Waals surface area contributed by atoms with Crippen LogP contribution in [0.2, 0.25) is 0 Å². The molecule has 2 unspecified atom stereocenters. The van der Waals surface area contributed by atoms with Crippen LogP contribution in [0.3, 0.4) is 0 Å². The molecule has 1 aromatic heterocycles. The molecule has 96 valence electrons. The summed E-state index contributed by atoms with van der Waals surface area (Å²) >= 11 is 0. The van der Waals surface area contributed by atoms with E-state index in [4.69, 9.17) is 0 Å². The van der Waals surface area contributed by atoms with Gasteiger partial charge in [-0.1, -0.05) is 6.92 Å². The molecular weight excluding hydrogens is 212 g/mol. The Morgan fingerprint density at radius 3 is 2.88 bits per heavy atom. The second kappa shape index (κ2) is 5.69. The zero-order valence-corrected chi connectivity index (χ0v) is 10.9. The largest absolute Gasteiger partial charge is 0.392 e. The van der Waals surface area contributed by atoms with E-state index in [1.165, 1.54) is 24.8 Å². The van der Waals surface area contributed by atoms with Crippen LogP contribution in [0.15, 0.2) is 18.5 Å². The molecule has 1 aliphatic carbocycles. The Balaban J connectivity index is 1.99. The summed E-state index contributed by atoms with van der Waals surface area (Å²) in [5.74, 6) is 0.823. The third kappa shape index (κ3) is 3.58. The van der Waals surface area contributed by atoms with Gasteiger partial charge in [-0.2, -0.15) is 0 Å². The van der Waals surface area contributed by atoms with Gasteiger partial charge in [-0.25, -0.2) is 0 Å². The van der Waals surface area contributed by atoms with Crippen molar-refractivity contribution in [2.75, 3.05) is 6.54 Å². The van der Waals surface area contributed by atoms with Crippen LogP contribution in [0.4, 0.5) is 0 Å². The average molecular weight is 236 g/mol. The molecule has 0 spiro atoms. The maximum atomic E-state index is 9.38. The predicted octanol–water partition coefficient (Wildman–Crippen LogP) is 2.32. The standard InChI is InChI=1S/C14H24N2O/c1-3-7-15-14(12-4-5-12)13-6-8-16(10-13)9-11(2)17/h6,8,10-12,14-15,17H,3-5,7,9H2,1-2H3. The summed E-state index contributed by atoms with van der Waals surface area (Å²) in [6.45, 7) is 5.80. The molecule has 2 N–H and O–H groups in total. The van der Waals surface area contributed by atoms with Gasteiger partial charge in [0.25, 0.3) is 0 Å². The first-order valence-electron chi connectivity index (χ1n) is 6.77. The fraction of sp³-hybridized carbons (Fsp3) is 0.714. The number of rotatable bonds is 7. The number of nitrogens with zero attached hydrogens (tertiary/aromatic N) is 1. The van der Waals surface area contributed by atoms with Gasteiger partial charge in [0.15, 0.2) is 0 Å². The molecule has 0 bridgehead atoms. The zero-order chi connectivity index (χ0) is 12.3. The monoisotopic (exact) mass is 236 g/mol. The van der Waals surface area contributed by atoms with Gasteiger partial charge in [0.05, 0.1) is 6.10 Å². The van der Waals surface area contributed by atoms with Crippen molar-refractivity contribution in [2.24, 2.45) is 5.92 Å². The molecule has 2 atom stereocenters. The van der Waals surface area contributed by atoms with Crippen LogP contribution in [-0.4, -0.2) is 22.3 Å². The lowest BCUT2D eigenvalue weighted by Crippen LogP contribution is -2.23.